The lowest BCUT2D eigenvalue weighted by Crippen LogP contribution is -2.49. The van der Waals surface area contributed by atoms with Crippen LogP contribution in [-0.4, -0.2) is 57.7 Å². The quantitative estimate of drug-likeness (QED) is 0.323. The molecule has 38 heavy (non-hydrogen) atoms. The summed E-state index contributed by atoms with van der Waals surface area (Å²) in [5.74, 6) is -0.222. The fourth-order valence-corrected chi connectivity index (χ4v) is 5.50. The third kappa shape index (κ3) is 4.89. The zero-order valence-electron chi connectivity index (χ0n) is 20.3. The number of allylic oxidation sites excluding steroid dienone is 5. The number of fused-ring (bicyclic) bond motifs is 1. The van der Waals surface area contributed by atoms with Crippen molar-refractivity contribution in [1.29, 1.82) is 0 Å². The maximum absolute atomic E-state index is 15.1. The molecule has 5 rings (SSSR count). The molecule has 2 N–H and O–H groups in total. The summed E-state index contributed by atoms with van der Waals surface area (Å²) in [6, 6.07) is 0.645. The lowest BCUT2D eigenvalue weighted by atomic mass is 9.87. The zero-order valence-corrected chi connectivity index (χ0v) is 21.9. The Bertz CT molecular complexity index is 1540. The molecule has 1 amide bonds. The third-order valence-corrected chi connectivity index (χ3v) is 7.45. The van der Waals surface area contributed by atoms with Gasteiger partial charge in [0.15, 0.2) is 10.8 Å². The van der Waals surface area contributed by atoms with Crippen molar-refractivity contribution in [3.8, 4) is 5.82 Å². The first-order valence-corrected chi connectivity index (χ1v) is 13.1. The fourth-order valence-electron chi connectivity index (χ4n) is 4.68. The average molecular weight is 555 g/mol. The Kier molecular flexibility index (Phi) is 7.45. The second kappa shape index (κ2) is 10.9. The molecule has 1 aliphatic rings. The molecule has 196 valence electrons. The number of aromatic nitrogens is 7. The SMILES string of the molecule is C=C/C(F)=C(\C=C/C)c1nc2cnc(-n3nccn3)cc2n1C1CCCC(NC(=O)c2ncc(Cl)s2)C1O. The maximum atomic E-state index is 15.1. The number of pyridine rings is 1. The van der Waals surface area contributed by atoms with Gasteiger partial charge >= 0.3 is 0 Å². The Morgan fingerprint density at radius 3 is 2.76 bits per heavy atom. The van der Waals surface area contributed by atoms with E-state index in [-0.39, 0.29) is 10.6 Å². The number of hydrogen-bond donors (Lipinski definition) is 2. The van der Waals surface area contributed by atoms with E-state index in [4.69, 9.17) is 16.6 Å². The van der Waals surface area contributed by atoms with Gasteiger partial charge in [-0.25, -0.2) is 19.3 Å². The number of aliphatic hydroxyl groups is 1. The van der Waals surface area contributed by atoms with Crippen molar-refractivity contribution in [2.45, 2.75) is 44.4 Å². The molecule has 1 aliphatic carbocycles. The van der Waals surface area contributed by atoms with Crippen LogP contribution in [0.3, 0.4) is 0 Å². The van der Waals surface area contributed by atoms with Crippen molar-refractivity contribution in [2.75, 3.05) is 0 Å². The van der Waals surface area contributed by atoms with Gasteiger partial charge < -0.3 is 15.0 Å². The van der Waals surface area contributed by atoms with Gasteiger partial charge in [-0.2, -0.15) is 10.2 Å². The Labute approximate surface area is 226 Å². The van der Waals surface area contributed by atoms with Gasteiger partial charge in [0, 0.05) is 6.07 Å². The van der Waals surface area contributed by atoms with E-state index < -0.39 is 29.9 Å². The highest BCUT2D eigenvalue weighted by atomic mass is 35.5. The standard InChI is InChI=1S/C25H24ClFN8O2S/c1-3-6-14(15(27)4-2)23-32-17-12-28-21(35-30-9-10-31-35)11-19(17)34(23)18-8-5-7-16(22(18)36)33-24(37)25-29-13-20(26)38-25/h3-4,6,9-13,16,18,22,36H,2,5,7-8H2,1H3,(H,33,37)/b6-3-,15-14-. The largest absolute Gasteiger partial charge is 0.389 e. The topological polar surface area (TPSA) is 124 Å². The maximum Gasteiger partial charge on any atom is 0.280 e. The summed E-state index contributed by atoms with van der Waals surface area (Å²) < 4.78 is 17.3. The summed E-state index contributed by atoms with van der Waals surface area (Å²) in [7, 11) is 0. The molecule has 10 nitrogen and oxygen atoms in total. The Balaban J connectivity index is 1.61. The third-order valence-electron chi connectivity index (χ3n) is 6.34. The van der Waals surface area contributed by atoms with Crippen molar-refractivity contribution in [1.82, 2.24) is 39.8 Å². The number of nitrogens with one attached hydrogen (secondary N) is 1. The van der Waals surface area contributed by atoms with Crippen LogP contribution in [0.1, 0.15) is 47.9 Å². The number of thiazole rings is 1. The van der Waals surface area contributed by atoms with Gasteiger partial charge in [-0.05, 0) is 32.3 Å². The highest BCUT2D eigenvalue weighted by Gasteiger charge is 2.37. The first kappa shape index (κ1) is 25.9. The van der Waals surface area contributed by atoms with Crippen molar-refractivity contribution >= 4 is 45.5 Å². The molecular weight excluding hydrogens is 531 g/mol. The Morgan fingerprint density at radius 1 is 1.29 bits per heavy atom. The van der Waals surface area contributed by atoms with E-state index >= 15 is 4.39 Å². The number of carbonyl (C=O) groups is 1. The van der Waals surface area contributed by atoms with Crippen LogP contribution in [0, 0.1) is 0 Å². The zero-order chi connectivity index (χ0) is 26.8. The molecule has 0 spiro atoms. The molecule has 1 saturated carbocycles. The highest BCUT2D eigenvalue weighted by Crippen LogP contribution is 2.37. The van der Waals surface area contributed by atoms with Crippen LogP contribution in [0.15, 0.2) is 61.5 Å². The molecule has 13 heteroatoms. The van der Waals surface area contributed by atoms with Crippen LogP contribution in [0.25, 0.3) is 22.4 Å². The number of halogens is 2. The number of amides is 1. The van der Waals surface area contributed by atoms with Crippen molar-refractivity contribution in [3.05, 3.63) is 76.7 Å². The highest BCUT2D eigenvalue weighted by molar-refractivity contribution is 7.17. The van der Waals surface area contributed by atoms with Gasteiger partial charge in [0.2, 0.25) is 0 Å². The summed E-state index contributed by atoms with van der Waals surface area (Å²) in [5.41, 5.74) is 1.34. The monoisotopic (exact) mass is 554 g/mol. The number of hydrogen-bond acceptors (Lipinski definition) is 8. The minimum absolute atomic E-state index is 0.215. The van der Waals surface area contributed by atoms with Gasteiger partial charge in [0.1, 0.15) is 21.5 Å². The van der Waals surface area contributed by atoms with Crippen LogP contribution in [0.5, 0.6) is 0 Å². The molecule has 0 aliphatic heterocycles. The van der Waals surface area contributed by atoms with Crippen LogP contribution in [0.2, 0.25) is 4.34 Å². The number of nitrogens with zero attached hydrogens (tertiary/aromatic N) is 7. The molecule has 3 unspecified atom stereocenters. The molecule has 1 fully saturated rings. The Hall–Kier alpha value is -3.74. The summed E-state index contributed by atoms with van der Waals surface area (Å²) in [6.45, 7) is 5.35. The van der Waals surface area contributed by atoms with Gasteiger partial charge in [0.05, 0.1) is 54.1 Å². The molecular formula is C25H24ClFN8O2S. The number of imidazole rings is 1. The number of aliphatic hydroxyl groups excluding tert-OH is 1. The molecule has 4 heterocycles. The van der Waals surface area contributed by atoms with Crippen molar-refractivity contribution in [2.24, 2.45) is 0 Å². The van der Waals surface area contributed by atoms with Crippen LogP contribution >= 0.6 is 22.9 Å². The molecule has 0 radical (unpaired) electrons. The summed E-state index contributed by atoms with van der Waals surface area (Å²) in [5, 5.41) is 22.9. The molecule has 4 aromatic rings. The smallest absolute Gasteiger partial charge is 0.280 e. The molecule has 0 bridgehead atoms. The summed E-state index contributed by atoms with van der Waals surface area (Å²) >= 11 is 7.00. The number of carbonyl (C=O) groups excluding carboxylic acids is 1. The normalized spacial score (nSPS) is 20.6. The van der Waals surface area contributed by atoms with Crippen LogP contribution in [0.4, 0.5) is 4.39 Å². The van der Waals surface area contributed by atoms with E-state index in [0.29, 0.717) is 46.3 Å². The van der Waals surface area contributed by atoms with Gasteiger partial charge in [-0.3, -0.25) is 4.79 Å². The predicted octanol–water partition coefficient (Wildman–Crippen LogP) is 4.45. The Morgan fingerprint density at radius 2 is 2.08 bits per heavy atom. The minimum Gasteiger partial charge on any atom is -0.389 e. The minimum atomic E-state index is -1.00. The lowest BCUT2D eigenvalue weighted by molar-refractivity contribution is 0.0409. The van der Waals surface area contributed by atoms with E-state index in [0.717, 1.165) is 17.4 Å². The molecule has 0 saturated heterocycles. The van der Waals surface area contributed by atoms with Crippen LogP contribution in [-0.2, 0) is 0 Å². The van der Waals surface area contributed by atoms with E-state index in [1.165, 1.54) is 23.4 Å². The first-order chi connectivity index (χ1) is 18.4. The van der Waals surface area contributed by atoms with Crippen molar-refractivity contribution in [3.63, 3.8) is 0 Å². The molecule has 4 aromatic heterocycles. The van der Waals surface area contributed by atoms with E-state index in [1.54, 1.807) is 31.3 Å². The summed E-state index contributed by atoms with van der Waals surface area (Å²) in [4.78, 5) is 27.3. The second-order valence-corrected chi connectivity index (χ2v) is 10.3. The van der Waals surface area contributed by atoms with Crippen LogP contribution < -0.4 is 5.32 Å². The van der Waals surface area contributed by atoms with E-state index in [1.807, 2.05) is 4.57 Å². The second-order valence-electron chi connectivity index (χ2n) is 8.66. The summed E-state index contributed by atoms with van der Waals surface area (Å²) in [6.07, 6.45) is 11.3. The predicted molar refractivity (Wildman–Crippen MR) is 143 cm³/mol. The van der Waals surface area contributed by atoms with Gasteiger partial charge in [0.25, 0.3) is 5.91 Å². The van der Waals surface area contributed by atoms with Crippen molar-refractivity contribution < 1.29 is 14.3 Å². The molecule has 3 atom stereocenters. The fraction of sp³-hybridized carbons (Fsp3) is 0.280. The van der Waals surface area contributed by atoms with Gasteiger partial charge in [-0.15, -0.1) is 4.80 Å². The first-order valence-electron chi connectivity index (χ1n) is 11.9. The number of rotatable bonds is 7. The average Bonchev–Trinajstić information content (AvgIpc) is 3.68. The van der Waals surface area contributed by atoms with E-state index in [9.17, 15) is 9.90 Å². The molecule has 0 aromatic carbocycles. The van der Waals surface area contributed by atoms with E-state index in [2.05, 4.69) is 32.1 Å². The lowest BCUT2D eigenvalue weighted by Gasteiger charge is -2.37. The van der Waals surface area contributed by atoms with Gasteiger partial charge in [-0.1, -0.05) is 41.7 Å².